The molecule has 178 valence electrons. The minimum absolute atomic E-state index is 0.0224. The van der Waals surface area contributed by atoms with Gasteiger partial charge in [-0.1, -0.05) is 45.0 Å². The minimum Gasteiger partial charge on any atom is -0.503 e. The Morgan fingerprint density at radius 2 is 1.94 bits per heavy atom. The first kappa shape index (κ1) is 23.9. The number of carbonyl (C=O) groups is 2. The Balaban J connectivity index is 1.71. The Hall–Kier alpha value is -3.26. The number of ketones is 1. The topological polar surface area (TPSA) is 90.2 Å². The van der Waals surface area contributed by atoms with Crippen LogP contribution in [0, 0.1) is 13.8 Å². The molecule has 1 aromatic carbocycles. The molecule has 0 bridgehead atoms. The van der Waals surface area contributed by atoms with Gasteiger partial charge in [-0.15, -0.1) is 11.3 Å². The maximum absolute atomic E-state index is 13.6. The third kappa shape index (κ3) is 4.55. The maximum atomic E-state index is 13.6. The zero-order valence-electron chi connectivity index (χ0n) is 20.3. The lowest BCUT2D eigenvalue weighted by molar-refractivity contribution is -0.695. The van der Waals surface area contributed by atoms with Crippen molar-refractivity contribution in [2.45, 2.75) is 59.0 Å². The largest absolute Gasteiger partial charge is 0.503 e. The fourth-order valence-corrected chi connectivity index (χ4v) is 5.25. The Morgan fingerprint density at radius 1 is 1.24 bits per heavy atom. The second-order valence-corrected chi connectivity index (χ2v) is 10.9. The molecular formula is C26H31N4O3S+. The van der Waals surface area contributed by atoms with E-state index < -0.39 is 17.7 Å². The zero-order chi connectivity index (χ0) is 24.6. The lowest BCUT2D eigenvalue weighted by atomic mass is 9.85. The number of thiazole rings is 1. The first-order valence-electron chi connectivity index (χ1n) is 11.4. The second kappa shape index (κ2) is 9.18. The smallest absolute Gasteiger partial charge is 0.290 e. The number of aromatic nitrogens is 3. The van der Waals surface area contributed by atoms with Crippen LogP contribution in [0.3, 0.4) is 0 Å². The van der Waals surface area contributed by atoms with Crippen LogP contribution in [-0.4, -0.2) is 38.2 Å². The van der Waals surface area contributed by atoms with Gasteiger partial charge in [-0.3, -0.25) is 14.6 Å². The first-order chi connectivity index (χ1) is 16.1. The number of aliphatic hydroxyl groups is 1. The van der Waals surface area contributed by atoms with Crippen LogP contribution in [0.1, 0.15) is 64.7 Å². The molecule has 0 radical (unpaired) electrons. The number of nitrogens with zero attached hydrogens (tertiary/aromatic N) is 3. The van der Waals surface area contributed by atoms with Crippen LogP contribution in [0.15, 0.2) is 54.3 Å². The number of aryl methyl sites for hydroxylation is 3. The summed E-state index contributed by atoms with van der Waals surface area (Å²) in [5.74, 6) is -1.30. The molecule has 1 aliphatic rings. The molecule has 3 aromatic rings. The Labute approximate surface area is 203 Å². The van der Waals surface area contributed by atoms with E-state index in [9.17, 15) is 14.7 Å². The van der Waals surface area contributed by atoms with E-state index in [2.05, 4.69) is 30.7 Å². The zero-order valence-corrected chi connectivity index (χ0v) is 21.1. The number of rotatable bonds is 7. The quantitative estimate of drug-likeness (QED) is 0.390. The summed E-state index contributed by atoms with van der Waals surface area (Å²) in [6.07, 6.45) is 6.30. The predicted octanol–water partition coefficient (Wildman–Crippen LogP) is 4.34. The van der Waals surface area contributed by atoms with Crippen molar-refractivity contribution in [1.82, 2.24) is 14.9 Å². The van der Waals surface area contributed by atoms with Crippen molar-refractivity contribution in [1.29, 1.82) is 0 Å². The van der Waals surface area contributed by atoms with E-state index in [0.29, 0.717) is 30.1 Å². The number of H-pyrrole nitrogens is 1. The van der Waals surface area contributed by atoms with Crippen molar-refractivity contribution < 1.29 is 19.3 Å². The van der Waals surface area contributed by atoms with Crippen molar-refractivity contribution in [3.63, 3.8) is 0 Å². The molecule has 34 heavy (non-hydrogen) atoms. The first-order valence-corrected chi connectivity index (χ1v) is 12.2. The Kier molecular flexibility index (Phi) is 6.45. The molecule has 2 N–H and O–H groups in total. The fourth-order valence-electron chi connectivity index (χ4n) is 4.38. The number of benzene rings is 1. The predicted molar refractivity (Wildman–Crippen MR) is 131 cm³/mol. The van der Waals surface area contributed by atoms with Crippen molar-refractivity contribution in [2.24, 2.45) is 0 Å². The van der Waals surface area contributed by atoms with E-state index in [0.717, 1.165) is 16.1 Å². The second-order valence-electron chi connectivity index (χ2n) is 9.71. The van der Waals surface area contributed by atoms with Gasteiger partial charge in [0.1, 0.15) is 12.4 Å². The molecule has 3 heterocycles. The number of imidazole rings is 1. The molecule has 0 saturated heterocycles. The Bertz CT molecular complexity index is 1230. The highest BCUT2D eigenvalue weighted by Crippen LogP contribution is 2.40. The van der Waals surface area contributed by atoms with Crippen LogP contribution < -0.4 is 4.57 Å². The minimum atomic E-state index is -0.646. The maximum Gasteiger partial charge on any atom is 0.290 e. The number of Topliss-reactive ketones (excluding diaryl/α,β-unsaturated/α-hetero) is 1. The van der Waals surface area contributed by atoms with E-state index >= 15 is 0 Å². The van der Waals surface area contributed by atoms with Crippen molar-refractivity contribution in [3.05, 3.63) is 81.0 Å². The summed E-state index contributed by atoms with van der Waals surface area (Å²) in [5.41, 5.74) is 2.69. The third-order valence-electron chi connectivity index (χ3n) is 6.17. The van der Waals surface area contributed by atoms with Gasteiger partial charge >= 0.3 is 0 Å². The number of amides is 1. The molecule has 0 saturated carbocycles. The highest BCUT2D eigenvalue weighted by Gasteiger charge is 2.44. The third-order valence-corrected chi connectivity index (χ3v) is 7.24. The summed E-state index contributed by atoms with van der Waals surface area (Å²) in [6.45, 7) is 11.2. The summed E-state index contributed by atoms with van der Waals surface area (Å²) >= 11 is 1.29. The van der Waals surface area contributed by atoms with Crippen LogP contribution in [0.25, 0.3) is 0 Å². The molecule has 8 heteroatoms. The molecule has 1 unspecified atom stereocenters. The molecule has 0 fully saturated rings. The molecule has 4 rings (SSSR count). The number of hydrogen-bond donors (Lipinski definition) is 2. The molecule has 7 nitrogen and oxygen atoms in total. The monoisotopic (exact) mass is 479 g/mol. The average molecular weight is 480 g/mol. The summed E-state index contributed by atoms with van der Waals surface area (Å²) in [4.78, 5) is 36.3. The van der Waals surface area contributed by atoms with Crippen molar-refractivity contribution in [2.75, 3.05) is 6.54 Å². The van der Waals surface area contributed by atoms with Gasteiger partial charge in [0.05, 0.1) is 33.7 Å². The van der Waals surface area contributed by atoms with Gasteiger partial charge in [-0.05, 0) is 30.4 Å². The summed E-state index contributed by atoms with van der Waals surface area (Å²) in [6, 6.07) is 7.35. The molecule has 1 atom stereocenters. The standard InChI is InChI=1S/C26H30N4O3S/c1-16-24(34-17(2)28-16)22(31)20-21(18-7-9-19(10-8-18)26(3,4)5)30(25(33)23(20)32)13-6-12-29-14-11-27-15-29/h7-11,14-15,21H,6,12-13H2,1-5H3,(H,31,32)/p+1. The van der Waals surface area contributed by atoms with Crippen molar-refractivity contribution >= 4 is 23.0 Å². The van der Waals surface area contributed by atoms with Gasteiger partial charge < -0.3 is 10.0 Å². The fraction of sp³-hybridized carbons (Fsp3) is 0.385. The number of hydrogen-bond acceptors (Lipinski definition) is 5. The van der Waals surface area contributed by atoms with Gasteiger partial charge in [0.25, 0.3) is 5.91 Å². The summed E-state index contributed by atoms with van der Waals surface area (Å²) < 4.78 is 2.00. The van der Waals surface area contributed by atoms with Gasteiger partial charge in [-0.25, -0.2) is 9.55 Å². The summed E-state index contributed by atoms with van der Waals surface area (Å²) in [7, 11) is 0. The van der Waals surface area contributed by atoms with E-state index in [1.165, 1.54) is 11.3 Å². The molecular weight excluding hydrogens is 448 g/mol. The van der Waals surface area contributed by atoms with Crippen LogP contribution in [0.5, 0.6) is 0 Å². The molecule has 1 amide bonds. The molecule has 0 spiro atoms. The normalized spacial score (nSPS) is 16.6. The van der Waals surface area contributed by atoms with Crippen LogP contribution in [-0.2, 0) is 16.8 Å². The number of carbonyl (C=O) groups excluding carboxylic acids is 2. The lowest BCUT2D eigenvalue weighted by Gasteiger charge is -2.27. The number of aromatic amines is 1. The van der Waals surface area contributed by atoms with E-state index in [4.69, 9.17) is 0 Å². The highest BCUT2D eigenvalue weighted by atomic mass is 32.1. The van der Waals surface area contributed by atoms with E-state index in [1.54, 1.807) is 11.8 Å². The Morgan fingerprint density at radius 3 is 2.50 bits per heavy atom. The average Bonchev–Trinajstić information content (AvgIpc) is 3.48. The van der Waals surface area contributed by atoms with Crippen LogP contribution >= 0.6 is 11.3 Å². The molecule has 2 aromatic heterocycles. The SMILES string of the molecule is Cc1nc(C)c(C(=O)C2=C(O)C(=O)N(CCC[n+]3cc[nH]c3)C2c2ccc(C(C)(C)C)cc2)s1. The summed E-state index contributed by atoms with van der Waals surface area (Å²) in [5, 5.41) is 11.7. The van der Waals surface area contributed by atoms with Crippen LogP contribution in [0.4, 0.5) is 0 Å². The number of aliphatic hydroxyl groups excluding tert-OH is 1. The van der Waals surface area contributed by atoms with E-state index in [1.807, 2.05) is 54.5 Å². The molecule has 0 aliphatic carbocycles. The molecule has 1 aliphatic heterocycles. The van der Waals surface area contributed by atoms with Crippen molar-refractivity contribution in [3.8, 4) is 0 Å². The van der Waals surface area contributed by atoms with Gasteiger partial charge in [0.2, 0.25) is 12.1 Å². The lowest BCUT2D eigenvalue weighted by Crippen LogP contribution is -2.36. The highest BCUT2D eigenvalue weighted by molar-refractivity contribution is 7.14. The van der Waals surface area contributed by atoms with Crippen LogP contribution in [0.2, 0.25) is 0 Å². The number of nitrogens with one attached hydrogen (secondary N) is 1. The van der Waals surface area contributed by atoms with Gasteiger partial charge in [0.15, 0.2) is 5.76 Å². The van der Waals surface area contributed by atoms with Gasteiger partial charge in [-0.2, -0.15) is 0 Å². The van der Waals surface area contributed by atoms with E-state index in [-0.39, 0.29) is 16.8 Å². The van der Waals surface area contributed by atoms with Gasteiger partial charge in [0, 0.05) is 13.0 Å².